The molecule has 0 radical (unpaired) electrons. The molecule has 0 aliphatic heterocycles. The molecular formula is C23H27N3O6S. The standard InChI is InChI=1S/C23H27N3O6S/c1-16(21(27)25-23(29)24-18-8-6-7-9-18)32-22(28)17-12-14-20(15-13-17)33(30,31)26(2)19-10-4-3-5-11-19/h3-5,10-16,18H,6-9H2,1-2H3,(H2,24,25,27,29). The Morgan fingerprint density at radius 1 is 1.00 bits per heavy atom. The predicted octanol–water partition coefficient (Wildman–Crippen LogP) is 2.83. The van der Waals surface area contributed by atoms with Crippen molar-refractivity contribution in [1.82, 2.24) is 10.6 Å². The van der Waals surface area contributed by atoms with Crippen molar-refractivity contribution in [2.45, 2.75) is 49.6 Å². The molecule has 33 heavy (non-hydrogen) atoms. The maximum absolute atomic E-state index is 12.8. The Kier molecular flexibility index (Phi) is 7.70. The molecule has 176 valence electrons. The minimum Gasteiger partial charge on any atom is -0.449 e. The summed E-state index contributed by atoms with van der Waals surface area (Å²) in [5, 5.41) is 4.89. The fourth-order valence-electron chi connectivity index (χ4n) is 3.49. The molecule has 2 aromatic carbocycles. The Hall–Kier alpha value is -3.40. The van der Waals surface area contributed by atoms with E-state index >= 15 is 0 Å². The minimum atomic E-state index is -3.82. The maximum atomic E-state index is 12.8. The van der Waals surface area contributed by atoms with Gasteiger partial charge in [-0.1, -0.05) is 31.0 Å². The molecule has 9 nitrogen and oxygen atoms in total. The summed E-state index contributed by atoms with van der Waals surface area (Å²) in [6, 6.07) is 13.2. The van der Waals surface area contributed by atoms with Crippen LogP contribution in [0.1, 0.15) is 43.0 Å². The molecule has 0 aromatic heterocycles. The van der Waals surface area contributed by atoms with E-state index in [4.69, 9.17) is 4.74 Å². The molecule has 0 bridgehead atoms. The second-order valence-corrected chi connectivity index (χ2v) is 9.79. The summed E-state index contributed by atoms with van der Waals surface area (Å²) in [5.41, 5.74) is 0.573. The molecule has 1 aliphatic carbocycles. The number of hydrogen-bond donors (Lipinski definition) is 2. The van der Waals surface area contributed by atoms with Crippen molar-refractivity contribution in [1.29, 1.82) is 0 Å². The van der Waals surface area contributed by atoms with Gasteiger partial charge in [0, 0.05) is 13.1 Å². The molecular weight excluding hydrogens is 446 g/mol. The summed E-state index contributed by atoms with van der Waals surface area (Å²) in [5.74, 6) is -1.56. The number of carbonyl (C=O) groups excluding carboxylic acids is 3. The molecule has 1 saturated carbocycles. The van der Waals surface area contributed by atoms with Crippen LogP contribution < -0.4 is 14.9 Å². The normalized spacial score (nSPS) is 14.8. The summed E-state index contributed by atoms with van der Waals surface area (Å²) in [7, 11) is -2.38. The van der Waals surface area contributed by atoms with Gasteiger partial charge < -0.3 is 10.1 Å². The SMILES string of the molecule is CC(OC(=O)c1ccc(S(=O)(=O)N(C)c2ccccc2)cc1)C(=O)NC(=O)NC1CCCC1. The molecule has 1 fully saturated rings. The predicted molar refractivity (Wildman–Crippen MR) is 122 cm³/mol. The van der Waals surface area contributed by atoms with Crippen LogP contribution in [0.25, 0.3) is 0 Å². The number of rotatable bonds is 7. The zero-order chi connectivity index (χ0) is 24.0. The lowest BCUT2D eigenvalue weighted by molar-refractivity contribution is -0.127. The highest BCUT2D eigenvalue weighted by atomic mass is 32.2. The molecule has 3 rings (SSSR count). The van der Waals surface area contributed by atoms with E-state index in [-0.39, 0.29) is 16.5 Å². The Morgan fingerprint density at radius 2 is 1.61 bits per heavy atom. The van der Waals surface area contributed by atoms with Crippen LogP contribution in [0.4, 0.5) is 10.5 Å². The number of nitrogens with one attached hydrogen (secondary N) is 2. The fraction of sp³-hybridized carbons (Fsp3) is 0.348. The van der Waals surface area contributed by atoms with Gasteiger partial charge in [0.05, 0.1) is 16.1 Å². The monoisotopic (exact) mass is 473 g/mol. The number of benzene rings is 2. The van der Waals surface area contributed by atoms with E-state index in [2.05, 4.69) is 10.6 Å². The van der Waals surface area contributed by atoms with Crippen LogP contribution in [-0.4, -0.2) is 45.5 Å². The third-order valence-electron chi connectivity index (χ3n) is 5.45. The molecule has 2 N–H and O–H groups in total. The van der Waals surface area contributed by atoms with Gasteiger partial charge >= 0.3 is 12.0 Å². The zero-order valence-corrected chi connectivity index (χ0v) is 19.3. The lowest BCUT2D eigenvalue weighted by Crippen LogP contribution is -2.47. The quantitative estimate of drug-likeness (QED) is 0.597. The van der Waals surface area contributed by atoms with Crippen LogP contribution in [0.15, 0.2) is 59.5 Å². The van der Waals surface area contributed by atoms with Crippen LogP contribution in [0.2, 0.25) is 0 Å². The van der Waals surface area contributed by atoms with E-state index in [0.717, 1.165) is 30.0 Å². The first kappa shape index (κ1) is 24.2. The molecule has 1 unspecified atom stereocenters. The first-order valence-corrected chi connectivity index (χ1v) is 12.1. The molecule has 0 heterocycles. The van der Waals surface area contributed by atoms with Crippen molar-refractivity contribution in [2.75, 3.05) is 11.4 Å². The third kappa shape index (κ3) is 6.10. The van der Waals surface area contributed by atoms with Gasteiger partial charge in [-0.05, 0) is 56.2 Å². The molecule has 1 aliphatic rings. The van der Waals surface area contributed by atoms with E-state index in [1.165, 1.54) is 38.2 Å². The molecule has 0 spiro atoms. The van der Waals surface area contributed by atoms with Gasteiger partial charge in [-0.3, -0.25) is 14.4 Å². The molecule has 2 aromatic rings. The molecule has 0 saturated heterocycles. The number of ether oxygens (including phenoxy) is 1. The van der Waals surface area contributed by atoms with Crippen molar-refractivity contribution in [3.8, 4) is 0 Å². The van der Waals surface area contributed by atoms with Gasteiger partial charge in [0.1, 0.15) is 0 Å². The molecule has 3 amide bonds. The Balaban J connectivity index is 1.58. The number of para-hydroxylation sites is 1. The number of imide groups is 1. The van der Waals surface area contributed by atoms with Gasteiger partial charge in [-0.2, -0.15) is 0 Å². The van der Waals surface area contributed by atoms with Crippen LogP contribution in [0.3, 0.4) is 0 Å². The zero-order valence-electron chi connectivity index (χ0n) is 18.5. The maximum Gasteiger partial charge on any atom is 0.338 e. The summed E-state index contributed by atoms with van der Waals surface area (Å²) >= 11 is 0. The lowest BCUT2D eigenvalue weighted by Gasteiger charge is -2.19. The smallest absolute Gasteiger partial charge is 0.338 e. The van der Waals surface area contributed by atoms with E-state index < -0.39 is 34.0 Å². The number of anilines is 1. The highest BCUT2D eigenvalue weighted by Gasteiger charge is 2.25. The van der Waals surface area contributed by atoms with Gasteiger partial charge in [0.25, 0.3) is 15.9 Å². The van der Waals surface area contributed by atoms with Crippen LogP contribution in [-0.2, 0) is 19.6 Å². The number of esters is 1. The number of carbonyl (C=O) groups is 3. The van der Waals surface area contributed by atoms with Gasteiger partial charge in [0.2, 0.25) is 0 Å². The van der Waals surface area contributed by atoms with Crippen molar-refractivity contribution in [3.63, 3.8) is 0 Å². The van der Waals surface area contributed by atoms with Crippen LogP contribution in [0.5, 0.6) is 0 Å². The Labute approximate surface area is 193 Å². The third-order valence-corrected chi connectivity index (χ3v) is 7.25. The van der Waals surface area contributed by atoms with E-state index in [9.17, 15) is 22.8 Å². The number of hydrogen-bond acceptors (Lipinski definition) is 6. The second-order valence-electron chi connectivity index (χ2n) is 7.82. The van der Waals surface area contributed by atoms with E-state index in [0.29, 0.717) is 5.69 Å². The highest BCUT2D eigenvalue weighted by molar-refractivity contribution is 7.92. The van der Waals surface area contributed by atoms with E-state index in [1.807, 2.05) is 0 Å². The van der Waals surface area contributed by atoms with Crippen molar-refractivity contribution in [3.05, 3.63) is 60.2 Å². The number of amides is 3. The van der Waals surface area contributed by atoms with Gasteiger partial charge in [-0.25, -0.2) is 18.0 Å². The van der Waals surface area contributed by atoms with Crippen molar-refractivity contribution < 1.29 is 27.5 Å². The Bertz CT molecular complexity index is 1100. The second kappa shape index (κ2) is 10.5. The largest absolute Gasteiger partial charge is 0.449 e. The topological polar surface area (TPSA) is 122 Å². The average Bonchev–Trinajstić information content (AvgIpc) is 3.31. The molecule has 1 atom stereocenters. The lowest BCUT2D eigenvalue weighted by atomic mass is 10.2. The average molecular weight is 474 g/mol. The first-order valence-electron chi connectivity index (χ1n) is 10.6. The highest BCUT2D eigenvalue weighted by Crippen LogP contribution is 2.22. The van der Waals surface area contributed by atoms with Gasteiger partial charge in [-0.15, -0.1) is 0 Å². The van der Waals surface area contributed by atoms with Crippen molar-refractivity contribution >= 4 is 33.6 Å². The van der Waals surface area contributed by atoms with Gasteiger partial charge in [0.15, 0.2) is 6.10 Å². The summed E-state index contributed by atoms with van der Waals surface area (Å²) < 4.78 is 31.9. The summed E-state index contributed by atoms with van der Waals surface area (Å²) in [6.45, 7) is 1.35. The number of urea groups is 1. The Morgan fingerprint density at radius 3 is 2.21 bits per heavy atom. The summed E-state index contributed by atoms with van der Waals surface area (Å²) in [4.78, 5) is 36.4. The summed E-state index contributed by atoms with van der Waals surface area (Å²) in [6.07, 6.45) is 2.61. The van der Waals surface area contributed by atoms with Crippen LogP contribution >= 0.6 is 0 Å². The molecule has 10 heteroatoms. The first-order chi connectivity index (χ1) is 15.7. The van der Waals surface area contributed by atoms with E-state index in [1.54, 1.807) is 30.3 Å². The number of sulfonamides is 1. The van der Waals surface area contributed by atoms with Crippen molar-refractivity contribution in [2.24, 2.45) is 0 Å². The minimum absolute atomic E-state index is 0.000205. The fourth-order valence-corrected chi connectivity index (χ4v) is 4.68. The number of nitrogens with zero attached hydrogens (tertiary/aromatic N) is 1. The van der Waals surface area contributed by atoms with Crippen LogP contribution in [0, 0.1) is 0 Å².